The van der Waals surface area contributed by atoms with Gasteiger partial charge < -0.3 is 10.2 Å². The lowest BCUT2D eigenvalue weighted by Gasteiger charge is -2.23. The fraction of sp³-hybridized carbons (Fsp3) is 0.240. The average molecular weight is 432 g/mol. The number of aliphatic imine (C=N–C) groups is 1. The number of hydrogen-bond acceptors (Lipinski definition) is 4. The Morgan fingerprint density at radius 3 is 2.58 bits per heavy atom. The molecule has 2 heterocycles. The highest BCUT2D eigenvalue weighted by Gasteiger charge is 2.27. The lowest BCUT2D eigenvalue weighted by Crippen LogP contribution is -2.38. The molecule has 1 aliphatic heterocycles. The SMILES string of the molecule is Cc1cc2c(cc1C)N(CC(=O)Nc1cccc(C)c1C)C(=O)CC(c1cccs1)=N2. The Balaban J connectivity index is 1.67. The smallest absolute Gasteiger partial charge is 0.244 e. The molecule has 1 aliphatic rings. The maximum absolute atomic E-state index is 13.3. The van der Waals surface area contributed by atoms with E-state index >= 15 is 0 Å². The van der Waals surface area contributed by atoms with Gasteiger partial charge in [0.2, 0.25) is 11.8 Å². The van der Waals surface area contributed by atoms with E-state index in [1.165, 1.54) is 0 Å². The van der Waals surface area contributed by atoms with Crippen LogP contribution in [0.2, 0.25) is 0 Å². The summed E-state index contributed by atoms with van der Waals surface area (Å²) in [5, 5.41) is 4.94. The number of aryl methyl sites for hydroxylation is 3. The zero-order valence-electron chi connectivity index (χ0n) is 18.2. The zero-order chi connectivity index (χ0) is 22.1. The predicted molar refractivity (Wildman–Crippen MR) is 128 cm³/mol. The molecule has 0 fully saturated rings. The molecule has 0 bridgehead atoms. The molecule has 31 heavy (non-hydrogen) atoms. The van der Waals surface area contributed by atoms with Gasteiger partial charge in [0.05, 0.1) is 23.5 Å². The van der Waals surface area contributed by atoms with Gasteiger partial charge in [-0.2, -0.15) is 0 Å². The topological polar surface area (TPSA) is 61.8 Å². The second-order valence-electron chi connectivity index (χ2n) is 7.91. The van der Waals surface area contributed by atoms with E-state index in [9.17, 15) is 9.59 Å². The van der Waals surface area contributed by atoms with Crippen LogP contribution in [0.3, 0.4) is 0 Å². The van der Waals surface area contributed by atoms with Crippen molar-refractivity contribution in [2.45, 2.75) is 34.1 Å². The minimum absolute atomic E-state index is 0.0606. The second kappa shape index (κ2) is 8.47. The molecular formula is C25H25N3O2S. The van der Waals surface area contributed by atoms with E-state index in [4.69, 9.17) is 4.99 Å². The van der Waals surface area contributed by atoms with E-state index in [0.29, 0.717) is 5.69 Å². The van der Waals surface area contributed by atoms with Gasteiger partial charge in [0.25, 0.3) is 0 Å². The van der Waals surface area contributed by atoms with E-state index < -0.39 is 0 Å². The quantitative estimate of drug-likeness (QED) is 0.595. The first kappa shape index (κ1) is 21.0. The van der Waals surface area contributed by atoms with Crippen LogP contribution in [0.5, 0.6) is 0 Å². The van der Waals surface area contributed by atoms with Crippen LogP contribution < -0.4 is 10.2 Å². The Hall–Kier alpha value is -3.25. The van der Waals surface area contributed by atoms with Gasteiger partial charge in [0, 0.05) is 10.6 Å². The number of carbonyl (C=O) groups is 2. The number of nitrogens with zero attached hydrogens (tertiary/aromatic N) is 2. The van der Waals surface area contributed by atoms with Crippen LogP contribution in [0, 0.1) is 27.7 Å². The van der Waals surface area contributed by atoms with Crippen LogP contribution in [-0.2, 0) is 9.59 Å². The standard InChI is InChI=1S/C25H25N3O2S/c1-15-7-5-8-19(18(15)4)27-24(29)14-28-22-12-17(3)16(2)11-20(22)26-21(13-25(28)30)23-9-6-10-31-23/h5-12H,13-14H2,1-4H3,(H,27,29). The summed E-state index contributed by atoms with van der Waals surface area (Å²) in [4.78, 5) is 33.6. The van der Waals surface area contributed by atoms with Crippen LogP contribution in [-0.4, -0.2) is 24.1 Å². The average Bonchev–Trinajstić information content (AvgIpc) is 3.23. The van der Waals surface area contributed by atoms with Gasteiger partial charge in [-0.05, 0) is 79.6 Å². The summed E-state index contributed by atoms with van der Waals surface area (Å²) in [6.45, 7) is 7.96. The molecule has 2 amide bonds. The number of amides is 2. The van der Waals surface area contributed by atoms with Crippen LogP contribution in [0.4, 0.5) is 17.1 Å². The Morgan fingerprint density at radius 1 is 1.06 bits per heavy atom. The maximum Gasteiger partial charge on any atom is 0.244 e. The first-order chi connectivity index (χ1) is 14.8. The first-order valence-electron chi connectivity index (χ1n) is 10.2. The largest absolute Gasteiger partial charge is 0.324 e. The molecule has 0 radical (unpaired) electrons. The summed E-state index contributed by atoms with van der Waals surface area (Å²) < 4.78 is 0. The summed E-state index contributed by atoms with van der Waals surface area (Å²) in [6.07, 6.45) is 0.157. The second-order valence-corrected chi connectivity index (χ2v) is 8.86. The van der Waals surface area contributed by atoms with E-state index in [0.717, 1.165) is 44.2 Å². The molecule has 6 heteroatoms. The molecule has 0 aliphatic carbocycles. The summed E-state index contributed by atoms with van der Waals surface area (Å²) in [6, 6.07) is 13.7. The maximum atomic E-state index is 13.3. The number of thiophene rings is 1. The number of benzene rings is 2. The third kappa shape index (κ3) is 4.30. The van der Waals surface area contributed by atoms with Gasteiger partial charge in [-0.3, -0.25) is 9.59 Å². The minimum Gasteiger partial charge on any atom is -0.324 e. The molecular weight excluding hydrogens is 406 g/mol. The fourth-order valence-corrected chi connectivity index (χ4v) is 4.34. The van der Waals surface area contributed by atoms with Gasteiger partial charge in [0.15, 0.2) is 0 Å². The Labute approximate surface area is 186 Å². The minimum atomic E-state index is -0.231. The highest BCUT2D eigenvalue weighted by Crippen LogP contribution is 2.36. The van der Waals surface area contributed by atoms with Crippen LogP contribution in [0.15, 0.2) is 52.8 Å². The van der Waals surface area contributed by atoms with Crippen molar-refractivity contribution in [1.29, 1.82) is 0 Å². The molecule has 0 atom stereocenters. The molecule has 158 valence electrons. The number of carbonyl (C=O) groups excluding carboxylic acids is 2. The molecule has 1 N–H and O–H groups in total. The van der Waals surface area contributed by atoms with Crippen LogP contribution >= 0.6 is 11.3 Å². The number of anilines is 2. The van der Waals surface area contributed by atoms with Crippen molar-refractivity contribution in [3.05, 3.63) is 75.0 Å². The van der Waals surface area contributed by atoms with E-state index in [-0.39, 0.29) is 24.8 Å². The van der Waals surface area contributed by atoms with Crippen molar-refractivity contribution >= 4 is 45.9 Å². The van der Waals surface area contributed by atoms with Gasteiger partial charge in [0.1, 0.15) is 6.54 Å². The normalized spacial score (nSPS) is 13.5. The van der Waals surface area contributed by atoms with Crippen LogP contribution in [0.25, 0.3) is 0 Å². The monoisotopic (exact) mass is 431 g/mol. The summed E-state index contributed by atoms with van der Waals surface area (Å²) in [5.41, 5.74) is 7.18. The summed E-state index contributed by atoms with van der Waals surface area (Å²) >= 11 is 1.56. The van der Waals surface area contributed by atoms with Gasteiger partial charge in [-0.15, -0.1) is 11.3 Å². The number of fused-ring (bicyclic) bond motifs is 1. The van der Waals surface area contributed by atoms with Gasteiger partial charge >= 0.3 is 0 Å². The van der Waals surface area contributed by atoms with Crippen molar-refractivity contribution in [2.75, 3.05) is 16.8 Å². The first-order valence-corrected chi connectivity index (χ1v) is 11.1. The molecule has 2 aromatic carbocycles. The lowest BCUT2D eigenvalue weighted by atomic mass is 10.1. The third-order valence-corrected chi connectivity index (χ3v) is 6.66. The Morgan fingerprint density at radius 2 is 1.84 bits per heavy atom. The van der Waals surface area contributed by atoms with Crippen LogP contribution in [0.1, 0.15) is 33.6 Å². The van der Waals surface area contributed by atoms with Crippen molar-refractivity contribution < 1.29 is 9.59 Å². The third-order valence-electron chi connectivity index (χ3n) is 5.74. The molecule has 0 unspecified atom stereocenters. The number of nitrogens with one attached hydrogen (secondary N) is 1. The summed E-state index contributed by atoms with van der Waals surface area (Å²) in [7, 11) is 0. The lowest BCUT2D eigenvalue weighted by molar-refractivity contribution is -0.120. The number of hydrogen-bond donors (Lipinski definition) is 1. The number of rotatable bonds is 4. The van der Waals surface area contributed by atoms with Crippen molar-refractivity contribution in [2.24, 2.45) is 4.99 Å². The Kier molecular flexibility index (Phi) is 5.74. The van der Waals surface area contributed by atoms with Crippen molar-refractivity contribution in [1.82, 2.24) is 0 Å². The molecule has 0 saturated heterocycles. The molecule has 3 aromatic rings. The fourth-order valence-electron chi connectivity index (χ4n) is 3.63. The van der Waals surface area contributed by atoms with Crippen molar-refractivity contribution in [3.63, 3.8) is 0 Å². The predicted octanol–water partition coefficient (Wildman–Crippen LogP) is 5.48. The van der Waals surface area contributed by atoms with E-state index in [1.807, 2.05) is 75.5 Å². The van der Waals surface area contributed by atoms with E-state index in [1.54, 1.807) is 16.2 Å². The highest BCUT2D eigenvalue weighted by molar-refractivity contribution is 7.12. The summed E-state index contributed by atoms with van der Waals surface area (Å²) in [5.74, 6) is -0.365. The highest BCUT2D eigenvalue weighted by atomic mass is 32.1. The molecule has 1 aromatic heterocycles. The zero-order valence-corrected chi connectivity index (χ0v) is 19.0. The Bertz CT molecular complexity index is 1200. The van der Waals surface area contributed by atoms with E-state index in [2.05, 4.69) is 5.32 Å². The molecule has 5 nitrogen and oxygen atoms in total. The molecule has 0 saturated carbocycles. The van der Waals surface area contributed by atoms with Gasteiger partial charge in [-0.1, -0.05) is 18.2 Å². The van der Waals surface area contributed by atoms with Crippen molar-refractivity contribution in [3.8, 4) is 0 Å². The molecule has 4 rings (SSSR count). The molecule has 0 spiro atoms. The van der Waals surface area contributed by atoms with Gasteiger partial charge in [-0.25, -0.2) is 4.99 Å².